The van der Waals surface area contributed by atoms with Gasteiger partial charge in [0.15, 0.2) is 5.25 Å². The monoisotopic (exact) mass is 332 g/mol. The Morgan fingerprint density at radius 1 is 1.05 bits per heavy atom. The maximum atomic E-state index is 11.5. The number of rotatable bonds is 12. The van der Waals surface area contributed by atoms with Crippen molar-refractivity contribution in [3.05, 3.63) is 0 Å². The predicted molar refractivity (Wildman–Crippen MR) is 80.3 cm³/mol. The topological polar surface area (TPSA) is 80.7 Å². The second-order valence-electron chi connectivity index (χ2n) is 5.05. The fraction of sp³-hybridized carbons (Fsp3) is 0.929. The second-order valence-corrected chi connectivity index (χ2v) is 6.65. The Morgan fingerprint density at radius 3 is 1.95 bits per heavy atom. The Balaban J connectivity index is -0.00000180. The van der Waals surface area contributed by atoms with Crippen LogP contribution in [-0.4, -0.2) is 30.8 Å². The van der Waals surface area contributed by atoms with Gasteiger partial charge < -0.3 is 6.16 Å². The molecule has 1 atom stereocenters. The molecule has 21 heavy (non-hydrogen) atoms. The van der Waals surface area contributed by atoms with E-state index in [1.165, 1.54) is 39.0 Å². The van der Waals surface area contributed by atoms with Crippen LogP contribution >= 0.6 is 0 Å². The van der Waals surface area contributed by atoms with Gasteiger partial charge in [0.2, 0.25) is 0 Å². The van der Waals surface area contributed by atoms with Gasteiger partial charge in [0.05, 0.1) is 6.61 Å². The van der Waals surface area contributed by atoms with E-state index in [0.717, 1.165) is 19.3 Å². The van der Waals surface area contributed by atoms with Gasteiger partial charge in [-0.2, -0.15) is 8.42 Å². The fourth-order valence-electron chi connectivity index (χ4n) is 2.00. The average molecular weight is 332 g/mol. The summed E-state index contributed by atoms with van der Waals surface area (Å²) in [6.45, 7) is 3.93. The van der Waals surface area contributed by atoms with Crippen LogP contribution < -0.4 is 29.6 Å². The van der Waals surface area contributed by atoms with Crippen molar-refractivity contribution < 1.29 is 53.5 Å². The Hall–Kier alpha value is 0.380. The molecule has 0 aliphatic carbocycles. The summed E-state index contributed by atoms with van der Waals surface area (Å²) in [6, 6.07) is 0. The third-order valence-corrected chi connectivity index (χ3v) is 4.48. The van der Waals surface area contributed by atoms with Crippen LogP contribution in [0.25, 0.3) is 0 Å². The van der Waals surface area contributed by atoms with E-state index in [1.807, 2.05) is 0 Å². The number of esters is 1. The largest absolute Gasteiger partial charge is 1.00 e. The molecule has 0 aliphatic rings. The van der Waals surface area contributed by atoms with Crippen molar-refractivity contribution in [2.45, 2.75) is 76.9 Å². The van der Waals surface area contributed by atoms with Gasteiger partial charge in [0.25, 0.3) is 10.1 Å². The number of carbonyl (C=O) groups is 1. The van der Waals surface area contributed by atoms with Gasteiger partial charge in [0.1, 0.15) is 0 Å². The van der Waals surface area contributed by atoms with Crippen LogP contribution in [0.5, 0.6) is 0 Å². The van der Waals surface area contributed by atoms with Crippen molar-refractivity contribution >= 4 is 16.1 Å². The smallest absolute Gasteiger partial charge is 1.00 e. The molecule has 0 amide bonds. The first-order chi connectivity index (χ1) is 9.43. The van der Waals surface area contributed by atoms with E-state index in [1.54, 1.807) is 0 Å². The van der Waals surface area contributed by atoms with Crippen LogP contribution in [0.3, 0.4) is 0 Å². The minimum Gasteiger partial charge on any atom is -1.00 e. The Labute approximate surface area is 152 Å². The predicted octanol–water partition coefficient (Wildman–Crippen LogP) is 0.453. The molecule has 0 rings (SSSR count). The van der Waals surface area contributed by atoms with Crippen molar-refractivity contribution in [1.29, 1.82) is 0 Å². The molecule has 0 heterocycles. The first-order valence-corrected chi connectivity index (χ1v) is 9.06. The van der Waals surface area contributed by atoms with Crippen molar-refractivity contribution in [2.24, 2.45) is 0 Å². The van der Waals surface area contributed by atoms with E-state index >= 15 is 0 Å². The first-order valence-electron chi connectivity index (χ1n) is 7.56. The first kappa shape index (κ1) is 23.6. The second kappa shape index (κ2) is 14.0. The van der Waals surface area contributed by atoms with Crippen molar-refractivity contribution in [2.75, 3.05) is 6.61 Å². The molecule has 1 unspecified atom stereocenters. The van der Waals surface area contributed by atoms with E-state index in [-0.39, 0.29) is 44.0 Å². The van der Waals surface area contributed by atoms with Crippen LogP contribution in [0, 0.1) is 0 Å². The Morgan fingerprint density at radius 2 is 1.52 bits per heavy atom. The molecule has 1 N–H and O–H groups in total. The van der Waals surface area contributed by atoms with Gasteiger partial charge in [-0.05, 0) is 12.8 Å². The summed E-state index contributed by atoms with van der Waals surface area (Å²) in [6.07, 6.45) is 9.08. The summed E-state index contributed by atoms with van der Waals surface area (Å²) in [4.78, 5) is 11.5. The molecule has 0 saturated heterocycles. The van der Waals surface area contributed by atoms with E-state index in [9.17, 15) is 13.2 Å². The molecule has 0 aliphatic heterocycles. The number of hydrogen-bond acceptors (Lipinski definition) is 4. The molecular weight excluding hydrogens is 303 g/mol. The minimum atomic E-state index is -4.35. The van der Waals surface area contributed by atoms with Gasteiger partial charge in [-0.15, -0.1) is 0 Å². The SMILES string of the molecule is CCCCCCCCCCOC(=O)C(CC)S(=O)(=O)O.[H-].[Na+]. The van der Waals surface area contributed by atoms with Gasteiger partial charge in [-0.3, -0.25) is 9.35 Å². The third kappa shape index (κ3) is 12.6. The molecule has 0 spiro atoms. The quantitative estimate of drug-likeness (QED) is 0.243. The van der Waals surface area contributed by atoms with Crippen molar-refractivity contribution in [1.82, 2.24) is 0 Å². The number of carbonyl (C=O) groups excluding carboxylic acids is 1. The molecular formula is C14H29NaO5S. The molecule has 0 fully saturated rings. The van der Waals surface area contributed by atoms with Gasteiger partial charge in [-0.1, -0.05) is 58.8 Å². The number of unbranched alkanes of at least 4 members (excludes halogenated alkanes) is 7. The molecule has 7 heteroatoms. The number of ether oxygens (including phenoxy) is 1. The summed E-state index contributed by atoms with van der Waals surface area (Å²) in [5.41, 5.74) is 0. The van der Waals surface area contributed by atoms with Gasteiger partial charge >= 0.3 is 35.5 Å². The van der Waals surface area contributed by atoms with Gasteiger partial charge in [-0.25, -0.2) is 0 Å². The minimum absolute atomic E-state index is 0. The van der Waals surface area contributed by atoms with E-state index in [0.29, 0.717) is 0 Å². The molecule has 0 bridgehead atoms. The van der Waals surface area contributed by atoms with Gasteiger partial charge in [0, 0.05) is 0 Å². The molecule has 122 valence electrons. The normalized spacial score (nSPS) is 12.5. The van der Waals surface area contributed by atoms with Crippen molar-refractivity contribution in [3.8, 4) is 0 Å². The maximum Gasteiger partial charge on any atom is 1.00 e. The molecule has 0 saturated carbocycles. The summed E-state index contributed by atoms with van der Waals surface area (Å²) < 4.78 is 35.6. The summed E-state index contributed by atoms with van der Waals surface area (Å²) in [5.74, 6) is -0.849. The van der Waals surface area contributed by atoms with Crippen LogP contribution in [0.1, 0.15) is 73.1 Å². The zero-order valence-corrected chi connectivity index (χ0v) is 16.5. The van der Waals surface area contributed by atoms with E-state index < -0.39 is 21.3 Å². The third-order valence-electron chi connectivity index (χ3n) is 3.24. The zero-order valence-electron chi connectivity index (χ0n) is 14.6. The zero-order chi connectivity index (χ0) is 15.4. The molecule has 0 aromatic rings. The molecule has 0 aromatic carbocycles. The summed E-state index contributed by atoms with van der Waals surface area (Å²) in [7, 11) is -4.35. The van der Waals surface area contributed by atoms with Crippen molar-refractivity contribution in [3.63, 3.8) is 0 Å². The van der Waals surface area contributed by atoms with Crippen LogP contribution in [0.4, 0.5) is 0 Å². The molecule has 5 nitrogen and oxygen atoms in total. The average Bonchev–Trinajstić information content (AvgIpc) is 2.36. The fourth-order valence-corrected chi connectivity index (χ4v) is 2.73. The molecule has 0 radical (unpaired) electrons. The Kier molecular flexibility index (Phi) is 15.8. The van der Waals surface area contributed by atoms with Crippen LogP contribution in [0.15, 0.2) is 0 Å². The summed E-state index contributed by atoms with van der Waals surface area (Å²) in [5, 5.41) is -1.45. The van der Waals surface area contributed by atoms with Crippen LogP contribution in [0.2, 0.25) is 0 Å². The van der Waals surface area contributed by atoms with E-state index in [4.69, 9.17) is 9.29 Å². The molecule has 0 aromatic heterocycles. The standard InChI is InChI=1S/C14H28O5S.Na.H/c1-3-5-6-7-8-9-10-11-12-19-14(15)13(4-2)20(16,17)18;;/h13H,3-12H2,1-2H3,(H,16,17,18);;/q;+1;-1. The Bertz CT molecular complexity index is 362. The maximum absolute atomic E-state index is 11.5. The summed E-state index contributed by atoms with van der Waals surface area (Å²) >= 11 is 0. The van der Waals surface area contributed by atoms with E-state index in [2.05, 4.69) is 6.92 Å². The van der Waals surface area contributed by atoms with Crippen LogP contribution in [-0.2, 0) is 19.6 Å². The number of hydrogen-bond donors (Lipinski definition) is 1.